The van der Waals surface area contributed by atoms with E-state index in [0.29, 0.717) is 12.8 Å². The van der Waals surface area contributed by atoms with Crippen LogP contribution in [0.5, 0.6) is 0 Å². The first-order chi connectivity index (χ1) is 22.3. The standard InChI is InChI=1S/C28H39F3N6OS4.C2H6.CH5N/c1-4-20(2)23(19-36(40-31)33(3)21-7-9-22(10-8-21)34-17-13-32-14-18-34)28(38)26-24(29)11-12-25(27(26)30)37(42-39)41-35-15-5-6-16-35;2*1-2/h7,9,11-12,19-20,32,39H,4-6,8,10,13-18H2,1-3H3;1-2H3;2H2,1H3/b23-19+;;. The van der Waals surface area contributed by atoms with E-state index in [9.17, 15) is 8.68 Å². The minimum atomic E-state index is -0.962. The molecule has 0 radical (unpaired) electrons. The second-order valence-electron chi connectivity index (χ2n) is 10.5. The minimum Gasteiger partial charge on any atom is -0.372 e. The van der Waals surface area contributed by atoms with Gasteiger partial charge in [0.25, 0.3) is 0 Å². The summed E-state index contributed by atoms with van der Waals surface area (Å²) < 4.78 is 50.3. The van der Waals surface area contributed by atoms with E-state index < -0.39 is 23.0 Å². The number of anilines is 1. The van der Waals surface area contributed by atoms with E-state index in [-0.39, 0.29) is 29.5 Å². The molecule has 2 heterocycles. The Morgan fingerprint density at radius 2 is 1.76 bits per heavy atom. The Balaban J connectivity index is 0.00000177. The number of halogens is 3. The van der Waals surface area contributed by atoms with Gasteiger partial charge in [0.2, 0.25) is 0 Å². The summed E-state index contributed by atoms with van der Waals surface area (Å²) in [7, 11) is 4.21. The number of nitrogens with zero attached hydrogens (tertiary/aromatic N) is 5. The average Bonchev–Trinajstić information content (AvgIpc) is 3.63. The SMILES string of the molecule is CC.CCC(C)/C(=C\N(SF)N(C)C1=CC=C(N2CCNCC2)CC1)C(=O)c1c(F)ccc(N(SS)SN2CCCC2)c1F.CN. The van der Waals surface area contributed by atoms with E-state index in [1.807, 2.05) is 26.8 Å². The van der Waals surface area contributed by atoms with E-state index in [2.05, 4.69) is 38.0 Å². The molecule has 1 atom stereocenters. The lowest BCUT2D eigenvalue weighted by Crippen LogP contribution is -2.43. The molecule has 0 saturated carbocycles. The lowest BCUT2D eigenvalue weighted by atomic mass is 9.91. The van der Waals surface area contributed by atoms with Crippen LogP contribution in [0, 0.1) is 17.6 Å². The minimum absolute atomic E-state index is 0.0495. The van der Waals surface area contributed by atoms with Gasteiger partial charge in [-0.3, -0.25) is 9.80 Å². The number of nitrogens with two attached hydrogens (primary N) is 1. The van der Waals surface area contributed by atoms with Gasteiger partial charge in [-0.2, -0.15) is 0 Å². The van der Waals surface area contributed by atoms with Crippen LogP contribution < -0.4 is 14.8 Å². The van der Waals surface area contributed by atoms with Crippen molar-refractivity contribution in [1.82, 2.24) is 23.9 Å². The number of carbonyl (C=O) groups excluding carboxylic acids is 1. The quantitative estimate of drug-likeness (QED) is 0.0467. The number of thiol groups is 1. The van der Waals surface area contributed by atoms with Crippen LogP contribution >= 0.6 is 47.1 Å². The average molecular weight is 722 g/mol. The number of piperazine rings is 1. The van der Waals surface area contributed by atoms with Crippen molar-refractivity contribution in [3.8, 4) is 0 Å². The number of rotatable bonds is 13. The van der Waals surface area contributed by atoms with Gasteiger partial charge in [-0.15, -0.1) is 3.89 Å². The zero-order valence-electron chi connectivity index (χ0n) is 27.8. The van der Waals surface area contributed by atoms with Crippen LogP contribution in [-0.4, -0.2) is 77.8 Å². The Morgan fingerprint density at radius 1 is 1.11 bits per heavy atom. The number of allylic oxidation sites excluding steroid dienone is 5. The Morgan fingerprint density at radius 3 is 2.30 bits per heavy atom. The van der Waals surface area contributed by atoms with Crippen LogP contribution in [-0.2, 0) is 0 Å². The van der Waals surface area contributed by atoms with Crippen molar-refractivity contribution in [2.75, 3.05) is 57.1 Å². The van der Waals surface area contributed by atoms with Crippen molar-refractivity contribution in [2.24, 2.45) is 11.7 Å². The van der Waals surface area contributed by atoms with Crippen molar-refractivity contribution in [1.29, 1.82) is 0 Å². The summed E-state index contributed by atoms with van der Waals surface area (Å²) in [5.41, 5.74) is 6.14. The largest absolute Gasteiger partial charge is 0.372 e. The number of nitrogens with one attached hydrogen (secondary N) is 1. The van der Waals surface area contributed by atoms with Gasteiger partial charge in [0.15, 0.2) is 23.9 Å². The van der Waals surface area contributed by atoms with E-state index in [1.165, 1.54) is 45.3 Å². The van der Waals surface area contributed by atoms with Gasteiger partial charge in [-0.25, -0.2) is 21.2 Å². The molecule has 0 spiro atoms. The van der Waals surface area contributed by atoms with Crippen LogP contribution in [0.1, 0.15) is 70.2 Å². The second kappa shape index (κ2) is 21.4. The van der Waals surface area contributed by atoms with Gasteiger partial charge in [0, 0.05) is 80.5 Å². The molecular weight excluding hydrogens is 672 g/mol. The zero-order valence-corrected chi connectivity index (χ0v) is 31.1. The molecule has 8 nitrogen and oxygen atoms in total. The maximum Gasteiger partial charge on any atom is 0.196 e. The highest BCUT2D eigenvalue weighted by Crippen LogP contribution is 2.40. The molecule has 46 heavy (non-hydrogen) atoms. The monoisotopic (exact) mass is 721 g/mol. The van der Waals surface area contributed by atoms with E-state index in [0.717, 1.165) is 81.3 Å². The summed E-state index contributed by atoms with van der Waals surface area (Å²) in [5, 5.41) is 4.99. The van der Waals surface area contributed by atoms with Gasteiger partial charge in [-0.05, 0) is 69.4 Å². The van der Waals surface area contributed by atoms with Crippen molar-refractivity contribution < 1.29 is 17.5 Å². The van der Waals surface area contributed by atoms with Crippen molar-refractivity contribution in [3.63, 3.8) is 0 Å². The third kappa shape index (κ3) is 10.7. The number of benzene rings is 1. The lowest BCUT2D eigenvalue weighted by Gasteiger charge is -2.36. The summed E-state index contributed by atoms with van der Waals surface area (Å²) in [6.45, 7) is 13.2. The van der Waals surface area contributed by atoms with Crippen LogP contribution in [0.4, 0.5) is 18.4 Å². The van der Waals surface area contributed by atoms with Crippen molar-refractivity contribution in [3.05, 3.63) is 64.6 Å². The predicted molar refractivity (Wildman–Crippen MR) is 195 cm³/mol. The highest BCUT2D eigenvalue weighted by molar-refractivity contribution is 8.71. The predicted octanol–water partition coefficient (Wildman–Crippen LogP) is 7.79. The van der Waals surface area contributed by atoms with E-state index in [1.54, 1.807) is 19.0 Å². The van der Waals surface area contributed by atoms with Crippen LogP contribution in [0.2, 0.25) is 0 Å². The maximum absolute atomic E-state index is 15.9. The Labute approximate surface area is 292 Å². The number of hydrazine groups is 1. The topological polar surface area (TPSA) is 71.3 Å². The fourth-order valence-corrected chi connectivity index (χ4v) is 7.52. The Bertz CT molecular complexity index is 1190. The third-order valence-corrected chi connectivity index (χ3v) is 10.9. The molecule has 0 aromatic heterocycles. The molecule has 15 heteroatoms. The van der Waals surface area contributed by atoms with Gasteiger partial charge in [0.1, 0.15) is 5.82 Å². The number of carbonyl (C=O) groups is 1. The maximum atomic E-state index is 15.9. The lowest BCUT2D eigenvalue weighted by molar-refractivity contribution is 0.101. The third-order valence-electron chi connectivity index (χ3n) is 7.89. The first-order valence-corrected chi connectivity index (χ1v) is 19.1. The van der Waals surface area contributed by atoms with Crippen molar-refractivity contribution >= 4 is 58.6 Å². The first kappa shape index (κ1) is 40.6. The van der Waals surface area contributed by atoms with Crippen LogP contribution in [0.3, 0.4) is 0 Å². The molecule has 260 valence electrons. The molecule has 3 aliphatic rings. The Kier molecular flexibility index (Phi) is 18.8. The molecule has 2 fully saturated rings. The first-order valence-electron chi connectivity index (χ1n) is 15.8. The Hall–Kier alpha value is -1.62. The zero-order chi connectivity index (χ0) is 34.2. The fraction of sp³-hybridized carbons (Fsp3) is 0.581. The molecule has 1 aliphatic carbocycles. The summed E-state index contributed by atoms with van der Waals surface area (Å²) in [6, 6.07) is 2.42. The molecule has 2 saturated heterocycles. The highest BCUT2D eigenvalue weighted by Gasteiger charge is 2.30. The van der Waals surface area contributed by atoms with Gasteiger partial charge in [-0.1, -0.05) is 39.4 Å². The fourth-order valence-electron chi connectivity index (χ4n) is 5.14. The molecule has 1 aromatic rings. The molecule has 2 aliphatic heterocycles. The summed E-state index contributed by atoms with van der Waals surface area (Å²) in [4.78, 5) is 16.2. The van der Waals surface area contributed by atoms with E-state index in [4.69, 9.17) is 0 Å². The molecular formula is C31H50F3N7OS4. The smallest absolute Gasteiger partial charge is 0.196 e. The number of hydrogen-bond acceptors (Lipinski definition) is 12. The van der Waals surface area contributed by atoms with Gasteiger partial charge in [0.05, 0.1) is 23.4 Å². The molecule has 4 rings (SSSR count). The molecule has 0 bridgehead atoms. The normalized spacial score (nSPS) is 17.5. The van der Waals surface area contributed by atoms with E-state index >= 15 is 8.78 Å². The highest BCUT2D eigenvalue weighted by atomic mass is 33.1. The number of hydrogen-bond donors (Lipinski definition) is 3. The number of Topliss-reactive ketones (excluding diaryl/α,β-unsaturated/α-hetero) is 1. The molecule has 1 aromatic carbocycles. The summed E-state index contributed by atoms with van der Waals surface area (Å²) >= 11 is 5.51. The molecule has 0 amide bonds. The molecule has 3 N–H and O–H groups in total. The summed E-state index contributed by atoms with van der Waals surface area (Å²) in [6.07, 6.45) is 9.52. The van der Waals surface area contributed by atoms with Crippen LogP contribution in [0.15, 0.2) is 47.5 Å². The van der Waals surface area contributed by atoms with Crippen LogP contribution in [0.25, 0.3) is 0 Å². The van der Waals surface area contributed by atoms with Gasteiger partial charge < -0.3 is 16.0 Å². The number of ketones is 1. The van der Waals surface area contributed by atoms with Gasteiger partial charge >= 0.3 is 0 Å². The second-order valence-corrected chi connectivity index (χ2v) is 13.3. The van der Waals surface area contributed by atoms with Crippen molar-refractivity contribution in [2.45, 2.75) is 59.8 Å². The molecule has 1 unspecified atom stereocenters. The summed E-state index contributed by atoms with van der Waals surface area (Å²) in [5.74, 6) is -3.10.